The molecule has 0 aliphatic carbocycles. The van der Waals surface area contributed by atoms with Gasteiger partial charge in [-0.15, -0.1) is 0 Å². The van der Waals surface area contributed by atoms with Crippen LogP contribution >= 0.6 is 0 Å². The van der Waals surface area contributed by atoms with Crippen LogP contribution in [0.3, 0.4) is 0 Å². The van der Waals surface area contributed by atoms with Gasteiger partial charge in [0.2, 0.25) is 0 Å². The van der Waals surface area contributed by atoms with Crippen molar-refractivity contribution < 1.29 is 4.74 Å². The average molecular weight is 415 g/mol. The lowest BCUT2D eigenvalue weighted by atomic mass is 10.0. The van der Waals surface area contributed by atoms with E-state index < -0.39 is 0 Å². The maximum Gasteiger partial charge on any atom is 0.148 e. The molecule has 32 heavy (non-hydrogen) atoms. The summed E-state index contributed by atoms with van der Waals surface area (Å²) in [5, 5.41) is 4.91. The minimum Gasteiger partial charge on any atom is -0.486 e. The molecule has 3 heteroatoms. The van der Waals surface area contributed by atoms with Gasteiger partial charge in [0.05, 0.1) is 17.6 Å². The molecule has 1 heterocycles. The first-order chi connectivity index (χ1) is 15.8. The first kappa shape index (κ1) is 18.6. The summed E-state index contributed by atoms with van der Waals surface area (Å²) in [6, 6.07) is 37.9. The highest BCUT2D eigenvalue weighted by atomic mass is 16.5. The second-order valence-corrected chi connectivity index (χ2v) is 8.04. The van der Waals surface area contributed by atoms with Gasteiger partial charge in [0, 0.05) is 0 Å². The van der Waals surface area contributed by atoms with E-state index in [9.17, 15) is 0 Å². The minimum absolute atomic E-state index is 0.414. The highest BCUT2D eigenvalue weighted by Crippen LogP contribution is 2.25. The van der Waals surface area contributed by atoms with E-state index in [1.165, 1.54) is 27.1 Å². The lowest BCUT2D eigenvalue weighted by Gasteiger charge is -2.13. The van der Waals surface area contributed by atoms with Gasteiger partial charge in [-0.05, 0) is 51.4 Å². The van der Waals surface area contributed by atoms with E-state index in [1.807, 2.05) is 12.1 Å². The molecule has 0 N–H and O–H groups in total. The Kier molecular flexibility index (Phi) is 4.58. The van der Waals surface area contributed by atoms with Gasteiger partial charge in [-0.1, -0.05) is 84.9 Å². The zero-order chi connectivity index (χ0) is 21.3. The molecule has 0 radical (unpaired) electrons. The van der Waals surface area contributed by atoms with Crippen LogP contribution in [-0.4, -0.2) is 9.55 Å². The van der Waals surface area contributed by atoms with Crippen molar-refractivity contribution in [2.24, 2.45) is 0 Å². The molecule has 0 atom stereocenters. The third-order valence-electron chi connectivity index (χ3n) is 6.03. The summed E-state index contributed by atoms with van der Waals surface area (Å²) in [5.74, 6) is 1.78. The Morgan fingerprint density at radius 3 is 2.34 bits per heavy atom. The fraction of sp³-hybridized carbons (Fsp3) is 0.0690. The predicted octanol–water partition coefficient (Wildman–Crippen LogP) is 6.97. The van der Waals surface area contributed by atoms with Crippen molar-refractivity contribution in [3.63, 3.8) is 0 Å². The van der Waals surface area contributed by atoms with Gasteiger partial charge in [-0.2, -0.15) is 0 Å². The Labute approximate surface area is 186 Å². The smallest absolute Gasteiger partial charge is 0.148 e. The second-order valence-electron chi connectivity index (χ2n) is 8.04. The van der Waals surface area contributed by atoms with E-state index >= 15 is 0 Å². The minimum atomic E-state index is 0.414. The molecule has 6 rings (SSSR count). The summed E-state index contributed by atoms with van der Waals surface area (Å²) < 4.78 is 8.49. The number of aromatic nitrogens is 2. The summed E-state index contributed by atoms with van der Waals surface area (Å²) in [7, 11) is 0. The molecule has 0 aliphatic rings. The Bertz CT molecular complexity index is 1560. The van der Waals surface area contributed by atoms with Crippen LogP contribution in [0.5, 0.6) is 5.75 Å². The topological polar surface area (TPSA) is 27.1 Å². The summed E-state index contributed by atoms with van der Waals surface area (Å²) in [6.07, 6.45) is 0. The first-order valence-electron chi connectivity index (χ1n) is 10.9. The zero-order valence-corrected chi connectivity index (χ0v) is 17.6. The summed E-state index contributed by atoms with van der Waals surface area (Å²) in [6.45, 7) is 1.16. The summed E-state index contributed by atoms with van der Waals surface area (Å²) in [5.41, 5.74) is 3.39. The van der Waals surface area contributed by atoms with Gasteiger partial charge in [-0.25, -0.2) is 4.98 Å². The molecule has 0 unspecified atom stereocenters. The van der Waals surface area contributed by atoms with Gasteiger partial charge in [-0.3, -0.25) is 0 Å². The molecule has 0 saturated heterocycles. The molecule has 1 aromatic heterocycles. The van der Waals surface area contributed by atoms with Crippen molar-refractivity contribution in [1.29, 1.82) is 0 Å². The number of rotatable bonds is 5. The summed E-state index contributed by atoms with van der Waals surface area (Å²) in [4.78, 5) is 4.90. The van der Waals surface area contributed by atoms with Crippen molar-refractivity contribution >= 4 is 32.6 Å². The van der Waals surface area contributed by atoms with Crippen LogP contribution in [0.2, 0.25) is 0 Å². The molecular formula is C29H22N2O. The van der Waals surface area contributed by atoms with Crippen LogP contribution in [-0.2, 0) is 13.2 Å². The normalized spacial score (nSPS) is 11.4. The number of nitrogens with zero attached hydrogens (tertiary/aromatic N) is 2. The van der Waals surface area contributed by atoms with E-state index in [2.05, 4.69) is 102 Å². The molecule has 0 spiro atoms. The Balaban J connectivity index is 1.37. The van der Waals surface area contributed by atoms with E-state index in [-0.39, 0.29) is 0 Å². The highest BCUT2D eigenvalue weighted by molar-refractivity contribution is 5.86. The monoisotopic (exact) mass is 414 g/mol. The Hall–Kier alpha value is -4.11. The number of para-hydroxylation sites is 2. The molecule has 0 fully saturated rings. The quantitative estimate of drug-likeness (QED) is 0.305. The van der Waals surface area contributed by atoms with Crippen molar-refractivity contribution in [2.75, 3.05) is 0 Å². The molecule has 154 valence electrons. The second kappa shape index (κ2) is 7.86. The zero-order valence-electron chi connectivity index (χ0n) is 17.6. The van der Waals surface area contributed by atoms with Gasteiger partial charge >= 0.3 is 0 Å². The van der Waals surface area contributed by atoms with Gasteiger partial charge in [0.15, 0.2) is 0 Å². The Morgan fingerprint density at radius 1 is 0.656 bits per heavy atom. The largest absolute Gasteiger partial charge is 0.486 e. The number of ether oxygens (including phenoxy) is 1. The van der Waals surface area contributed by atoms with Gasteiger partial charge < -0.3 is 9.30 Å². The molecule has 0 aliphatic heterocycles. The maximum absolute atomic E-state index is 6.21. The van der Waals surface area contributed by atoms with Crippen LogP contribution in [0.25, 0.3) is 32.6 Å². The number of benzene rings is 5. The van der Waals surface area contributed by atoms with Gasteiger partial charge in [0.25, 0.3) is 0 Å². The van der Waals surface area contributed by atoms with E-state index in [0.717, 1.165) is 29.2 Å². The molecule has 0 saturated carbocycles. The summed E-state index contributed by atoms with van der Waals surface area (Å²) >= 11 is 0. The lowest BCUT2D eigenvalue weighted by molar-refractivity contribution is 0.291. The standard InChI is InChI=1S/C29H22N2O/c1-2-10-23-18-25(17-16-21(23)8-1)32-20-29-30-27-14-5-6-15-28(27)31(29)19-24-12-7-11-22-9-3-4-13-26(22)24/h1-18H,19-20H2. The number of hydrogen-bond acceptors (Lipinski definition) is 2. The fourth-order valence-electron chi connectivity index (χ4n) is 4.42. The number of hydrogen-bond donors (Lipinski definition) is 0. The number of fused-ring (bicyclic) bond motifs is 3. The lowest BCUT2D eigenvalue weighted by Crippen LogP contribution is -2.08. The van der Waals surface area contributed by atoms with E-state index in [0.29, 0.717) is 6.61 Å². The molecule has 0 amide bonds. The first-order valence-corrected chi connectivity index (χ1v) is 10.9. The van der Waals surface area contributed by atoms with Gasteiger partial charge in [0.1, 0.15) is 18.2 Å². The van der Waals surface area contributed by atoms with Crippen molar-refractivity contribution in [1.82, 2.24) is 9.55 Å². The van der Waals surface area contributed by atoms with E-state index in [1.54, 1.807) is 0 Å². The Morgan fingerprint density at radius 2 is 1.41 bits per heavy atom. The third-order valence-corrected chi connectivity index (χ3v) is 6.03. The third kappa shape index (κ3) is 3.38. The predicted molar refractivity (Wildman–Crippen MR) is 131 cm³/mol. The highest BCUT2D eigenvalue weighted by Gasteiger charge is 2.13. The van der Waals surface area contributed by atoms with E-state index in [4.69, 9.17) is 9.72 Å². The van der Waals surface area contributed by atoms with Crippen LogP contribution < -0.4 is 4.74 Å². The average Bonchev–Trinajstić information content (AvgIpc) is 3.20. The maximum atomic E-state index is 6.21. The van der Waals surface area contributed by atoms with Crippen molar-refractivity contribution in [3.8, 4) is 5.75 Å². The molecule has 5 aromatic carbocycles. The molecule has 6 aromatic rings. The van der Waals surface area contributed by atoms with Crippen LogP contribution in [0.15, 0.2) is 109 Å². The van der Waals surface area contributed by atoms with Crippen LogP contribution in [0, 0.1) is 0 Å². The SMILES string of the molecule is c1ccc2cc(OCc3nc4ccccc4n3Cc3cccc4ccccc34)ccc2c1. The van der Waals surface area contributed by atoms with Crippen molar-refractivity contribution in [2.45, 2.75) is 13.2 Å². The molecule has 0 bridgehead atoms. The van der Waals surface area contributed by atoms with Crippen LogP contribution in [0.1, 0.15) is 11.4 Å². The number of imidazole rings is 1. The molecule has 3 nitrogen and oxygen atoms in total. The molecular weight excluding hydrogens is 392 g/mol. The van der Waals surface area contributed by atoms with Crippen LogP contribution in [0.4, 0.5) is 0 Å². The fourth-order valence-corrected chi connectivity index (χ4v) is 4.42. The van der Waals surface area contributed by atoms with Crippen molar-refractivity contribution in [3.05, 3.63) is 121 Å².